The van der Waals surface area contributed by atoms with E-state index in [9.17, 15) is 0 Å². The van der Waals surface area contributed by atoms with Crippen molar-refractivity contribution < 1.29 is 9.47 Å². The summed E-state index contributed by atoms with van der Waals surface area (Å²) in [6.07, 6.45) is 8.53. The Hall–Kier alpha value is -1.96. The highest BCUT2D eigenvalue weighted by Gasteiger charge is 2.52. The molecule has 0 N–H and O–H groups in total. The summed E-state index contributed by atoms with van der Waals surface area (Å²) in [4.78, 5) is 0. The van der Waals surface area contributed by atoms with Crippen LogP contribution in [0.4, 0.5) is 0 Å². The lowest BCUT2D eigenvalue weighted by Crippen LogP contribution is -2.48. The number of methoxy groups -OCH3 is 2. The van der Waals surface area contributed by atoms with E-state index in [2.05, 4.69) is 42.5 Å². The largest absolute Gasteiger partial charge is 0.497 e. The summed E-state index contributed by atoms with van der Waals surface area (Å²) in [7, 11) is 3.51. The summed E-state index contributed by atoms with van der Waals surface area (Å²) < 4.78 is 11.0. The zero-order valence-corrected chi connectivity index (χ0v) is 15.8. The van der Waals surface area contributed by atoms with E-state index in [1.807, 2.05) is 0 Å². The minimum Gasteiger partial charge on any atom is -0.497 e. The highest BCUT2D eigenvalue weighted by Crippen LogP contribution is 2.62. The molecule has 0 spiro atoms. The Kier molecular flexibility index (Phi) is 3.77. The zero-order valence-electron chi connectivity index (χ0n) is 15.8. The van der Waals surface area contributed by atoms with E-state index in [4.69, 9.17) is 9.47 Å². The highest BCUT2D eigenvalue weighted by molar-refractivity contribution is 5.71. The highest BCUT2D eigenvalue weighted by atomic mass is 16.5. The van der Waals surface area contributed by atoms with E-state index >= 15 is 0 Å². The summed E-state index contributed by atoms with van der Waals surface area (Å²) in [5.74, 6) is 4.73. The van der Waals surface area contributed by atoms with E-state index in [0.717, 1.165) is 29.3 Å². The van der Waals surface area contributed by atoms with Crippen molar-refractivity contribution in [1.29, 1.82) is 0 Å². The SMILES string of the molecule is COc1ccc(-c2ccc(OC)cc2C23CC4CC(CC(C4)C2)C3)cc1. The van der Waals surface area contributed by atoms with Gasteiger partial charge >= 0.3 is 0 Å². The first-order valence-corrected chi connectivity index (χ1v) is 10.0. The van der Waals surface area contributed by atoms with Crippen molar-refractivity contribution in [3.05, 3.63) is 48.0 Å². The minimum atomic E-state index is 0.360. The van der Waals surface area contributed by atoms with E-state index in [1.165, 1.54) is 55.2 Å². The van der Waals surface area contributed by atoms with E-state index in [-0.39, 0.29) is 0 Å². The zero-order chi connectivity index (χ0) is 17.7. The van der Waals surface area contributed by atoms with Gasteiger partial charge in [0, 0.05) is 0 Å². The maximum Gasteiger partial charge on any atom is 0.119 e. The van der Waals surface area contributed by atoms with E-state index in [1.54, 1.807) is 14.2 Å². The Morgan fingerprint density at radius 1 is 0.731 bits per heavy atom. The van der Waals surface area contributed by atoms with Crippen molar-refractivity contribution in [2.24, 2.45) is 17.8 Å². The Labute approximate surface area is 156 Å². The lowest BCUT2D eigenvalue weighted by atomic mass is 9.47. The van der Waals surface area contributed by atoms with Gasteiger partial charge in [0.15, 0.2) is 0 Å². The molecule has 2 heteroatoms. The average Bonchev–Trinajstić information content (AvgIpc) is 2.66. The van der Waals surface area contributed by atoms with Gasteiger partial charge in [-0.3, -0.25) is 0 Å². The van der Waals surface area contributed by atoms with Gasteiger partial charge in [-0.05, 0) is 103 Å². The second kappa shape index (κ2) is 6.04. The molecule has 0 unspecified atom stereocenters. The molecule has 4 fully saturated rings. The average molecular weight is 348 g/mol. The van der Waals surface area contributed by atoms with Crippen LogP contribution in [0, 0.1) is 17.8 Å². The number of ether oxygens (including phenoxy) is 2. The third-order valence-electron chi connectivity index (χ3n) is 7.24. The van der Waals surface area contributed by atoms with Crippen LogP contribution in [-0.4, -0.2) is 14.2 Å². The van der Waals surface area contributed by atoms with Crippen molar-refractivity contribution in [1.82, 2.24) is 0 Å². The number of rotatable bonds is 4. The van der Waals surface area contributed by atoms with Gasteiger partial charge in [0.1, 0.15) is 11.5 Å². The van der Waals surface area contributed by atoms with Gasteiger partial charge in [-0.2, -0.15) is 0 Å². The molecule has 4 aliphatic carbocycles. The fraction of sp³-hybridized carbons (Fsp3) is 0.500. The molecule has 4 bridgehead atoms. The molecule has 6 rings (SSSR count). The van der Waals surface area contributed by atoms with Gasteiger partial charge in [0.2, 0.25) is 0 Å². The van der Waals surface area contributed by atoms with Crippen LogP contribution in [0.3, 0.4) is 0 Å². The first-order chi connectivity index (χ1) is 12.7. The predicted molar refractivity (Wildman–Crippen MR) is 105 cm³/mol. The summed E-state index contributed by atoms with van der Waals surface area (Å²) in [6.45, 7) is 0. The molecule has 0 atom stereocenters. The van der Waals surface area contributed by atoms with Crippen LogP contribution in [0.2, 0.25) is 0 Å². The molecule has 4 aliphatic rings. The Bertz CT molecular complexity index is 770. The van der Waals surface area contributed by atoms with Crippen LogP contribution in [0.1, 0.15) is 44.1 Å². The van der Waals surface area contributed by atoms with Crippen molar-refractivity contribution in [3.63, 3.8) is 0 Å². The molecule has 26 heavy (non-hydrogen) atoms. The molecule has 0 saturated heterocycles. The molecule has 2 aromatic rings. The van der Waals surface area contributed by atoms with Crippen LogP contribution >= 0.6 is 0 Å². The summed E-state index contributed by atoms with van der Waals surface area (Å²) in [6, 6.07) is 15.3. The van der Waals surface area contributed by atoms with Gasteiger partial charge in [-0.25, -0.2) is 0 Å². The maximum atomic E-state index is 5.63. The van der Waals surface area contributed by atoms with Gasteiger partial charge in [-0.15, -0.1) is 0 Å². The quantitative estimate of drug-likeness (QED) is 0.691. The van der Waals surface area contributed by atoms with Gasteiger partial charge in [-0.1, -0.05) is 18.2 Å². The monoisotopic (exact) mass is 348 g/mol. The van der Waals surface area contributed by atoms with Crippen molar-refractivity contribution >= 4 is 0 Å². The molecule has 2 aromatic carbocycles. The molecule has 2 nitrogen and oxygen atoms in total. The summed E-state index contributed by atoms with van der Waals surface area (Å²) >= 11 is 0. The molecule has 0 amide bonds. The van der Waals surface area contributed by atoms with Crippen LogP contribution in [0.15, 0.2) is 42.5 Å². The normalized spacial score (nSPS) is 31.8. The lowest BCUT2D eigenvalue weighted by molar-refractivity contribution is -0.00500. The van der Waals surface area contributed by atoms with Gasteiger partial charge < -0.3 is 9.47 Å². The number of benzene rings is 2. The standard InChI is InChI=1S/C24H28O2/c1-25-20-5-3-19(4-6-20)22-8-7-21(26-2)12-23(22)24-13-16-9-17(14-24)11-18(10-16)15-24/h3-8,12,16-18H,9-11,13-15H2,1-2H3. The van der Waals surface area contributed by atoms with Crippen molar-refractivity contribution in [2.45, 2.75) is 43.9 Å². The van der Waals surface area contributed by atoms with Crippen molar-refractivity contribution in [2.75, 3.05) is 14.2 Å². The molecule has 0 aliphatic heterocycles. The molecule has 4 saturated carbocycles. The first-order valence-electron chi connectivity index (χ1n) is 10.0. The molecule has 0 aromatic heterocycles. The number of hydrogen-bond donors (Lipinski definition) is 0. The number of hydrogen-bond acceptors (Lipinski definition) is 2. The third kappa shape index (κ3) is 2.53. The second-order valence-electron chi connectivity index (χ2n) is 8.84. The minimum absolute atomic E-state index is 0.360. The predicted octanol–water partition coefficient (Wildman–Crippen LogP) is 5.84. The molecule has 136 valence electrons. The van der Waals surface area contributed by atoms with Crippen molar-refractivity contribution in [3.8, 4) is 22.6 Å². The van der Waals surface area contributed by atoms with Gasteiger partial charge in [0.05, 0.1) is 14.2 Å². The van der Waals surface area contributed by atoms with Crippen LogP contribution in [0.25, 0.3) is 11.1 Å². The fourth-order valence-electron chi connectivity index (χ4n) is 6.55. The lowest BCUT2D eigenvalue weighted by Gasteiger charge is -2.57. The van der Waals surface area contributed by atoms with Gasteiger partial charge in [0.25, 0.3) is 0 Å². The Balaban J connectivity index is 1.63. The summed E-state index contributed by atoms with van der Waals surface area (Å²) in [5.41, 5.74) is 4.56. The Morgan fingerprint density at radius 2 is 1.27 bits per heavy atom. The summed E-state index contributed by atoms with van der Waals surface area (Å²) in [5, 5.41) is 0. The van der Waals surface area contributed by atoms with Crippen LogP contribution < -0.4 is 9.47 Å². The van der Waals surface area contributed by atoms with E-state index in [0.29, 0.717) is 5.41 Å². The molecule has 0 radical (unpaired) electrons. The van der Waals surface area contributed by atoms with E-state index < -0.39 is 0 Å². The maximum absolute atomic E-state index is 5.63. The topological polar surface area (TPSA) is 18.5 Å². The molecular weight excluding hydrogens is 320 g/mol. The molecule has 0 heterocycles. The Morgan fingerprint density at radius 3 is 1.81 bits per heavy atom. The smallest absolute Gasteiger partial charge is 0.119 e. The van der Waals surface area contributed by atoms with Crippen LogP contribution in [0.5, 0.6) is 11.5 Å². The second-order valence-corrected chi connectivity index (χ2v) is 8.84. The fourth-order valence-corrected chi connectivity index (χ4v) is 6.55. The molecular formula is C24H28O2. The third-order valence-corrected chi connectivity index (χ3v) is 7.24. The first kappa shape index (κ1) is 16.2. The van der Waals surface area contributed by atoms with Crippen LogP contribution in [-0.2, 0) is 5.41 Å².